The van der Waals surface area contributed by atoms with Crippen molar-refractivity contribution in [1.82, 2.24) is 9.88 Å². The van der Waals surface area contributed by atoms with E-state index in [1.165, 1.54) is 17.8 Å². The van der Waals surface area contributed by atoms with E-state index in [-0.39, 0.29) is 0 Å². The molecule has 3 aliphatic carbocycles. The number of thiazole rings is 1. The van der Waals surface area contributed by atoms with Crippen LogP contribution in [0.4, 0.5) is 5.13 Å². The molecule has 1 saturated carbocycles. The zero-order valence-corrected chi connectivity index (χ0v) is 14.2. The molecule has 3 aliphatic rings. The molecule has 0 aromatic carbocycles. The van der Waals surface area contributed by atoms with Gasteiger partial charge in [-0.25, -0.2) is 14.8 Å². The maximum atomic E-state index is 11.7. The quantitative estimate of drug-likeness (QED) is 0.388. The third kappa shape index (κ3) is 3.69. The lowest BCUT2D eigenvalue weighted by molar-refractivity contribution is -0.130. The van der Waals surface area contributed by atoms with Crippen LogP contribution in [0.5, 0.6) is 0 Å². The number of carboxylic acid groups (broad SMARTS) is 1. The van der Waals surface area contributed by atoms with Gasteiger partial charge in [0.15, 0.2) is 0 Å². The molecule has 0 aliphatic heterocycles. The van der Waals surface area contributed by atoms with Gasteiger partial charge in [-0.1, -0.05) is 18.2 Å². The minimum absolute atomic E-state index is 0.304. The van der Waals surface area contributed by atoms with Crippen LogP contribution < -0.4 is 0 Å². The van der Waals surface area contributed by atoms with E-state index >= 15 is 0 Å². The molecule has 6 heteroatoms. The molecule has 3 unspecified atom stereocenters. The summed E-state index contributed by atoms with van der Waals surface area (Å²) in [4.78, 5) is 22.1. The van der Waals surface area contributed by atoms with E-state index in [0.717, 1.165) is 12.8 Å². The number of allylic oxidation sites excluding steroid dienone is 3. The minimum atomic E-state index is -0.913. The first kappa shape index (κ1) is 15.9. The average molecular weight is 331 g/mol. The number of hydrogen-bond donors (Lipinski definition) is 1. The van der Waals surface area contributed by atoms with Crippen molar-refractivity contribution in [2.24, 2.45) is 22.7 Å². The summed E-state index contributed by atoms with van der Waals surface area (Å²) >= 11 is 1.36. The molecule has 1 fully saturated rings. The molecular weight excluding hydrogens is 310 g/mol. The molecule has 5 nitrogen and oxygen atoms in total. The Balaban J connectivity index is 1.83. The molecule has 1 aromatic heterocycles. The predicted molar refractivity (Wildman–Crippen MR) is 93.0 cm³/mol. The second-order valence-electron chi connectivity index (χ2n) is 6.39. The van der Waals surface area contributed by atoms with E-state index in [4.69, 9.17) is 0 Å². The average Bonchev–Trinajstić information content (AvgIpc) is 3.00. The molecule has 1 N–H and O–H groups in total. The lowest BCUT2D eigenvalue weighted by atomic mass is 9.68. The minimum Gasteiger partial charge on any atom is -0.478 e. The Morgan fingerprint density at radius 2 is 2.26 bits per heavy atom. The summed E-state index contributed by atoms with van der Waals surface area (Å²) in [6.45, 7) is 0. The topological polar surface area (TPSA) is 65.8 Å². The molecule has 2 bridgehead atoms. The summed E-state index contributed by atoms with van der Waals surface area (Å²) in [5.74, 6) is 0.468. The van der Waals surface area contributed by atoms with Crippen LogP contribution in [0.1, 0.15) is 25.0 Å². The first-order valence-corrected chi connectivity index (χ1v) is 8.71. The van der Waals surface area contributed by atoms with Gasteiger partial charge in [0, 0.05) is 19.5 Å². The van der Waals surface area contributed by atoms with Crippen LogP contribution in [0.25, 0.3) is 5.57 Å². The van der Waals surface area contributed by atoms with Gasteiger partial charge in [0.2, 0.25) is 5.13 Å². The zero-order valence-electron chi connectivity index (χ0n) is 13.3. The van der Waals surface area contributed by atoms with Crippen LogP contribution in [0.2, 0.25) is 0 Å². The van der Waals surface area contributed by atoms with E-state index in [1.807, 2.05) is 25.1 Å². The Bertz CT molecular complexity index is 675. The molecule has 0 spiro atoms. The number of rotatable bonds is 5. The van der Waals surface area contributed by atoms with E-state index in [2.05, 4.69) is 22.1 Å². The molecule has 0 saturated heterocycles. The van der Waals surface area contributed by atoms with Crippen molar-refractivity contribution in [1.29, 1.82) is 0 Å². The van der Waals surface area contributed by atoms with Crippen LogP contribution in [-0.4, -0.2) is 41.4 Å². The number of fused-ring (bicyclic) bond motifs is 2. The fourth-order valence-electron chi connectivity index (χ4n) is 3.26. The first-order chi connectivity index (χ1) is 11.0. The maximum Gasteiger partial charge on any atom is 0.337 e. The van der Waals surface area contributed by atoms with Crippen molar-refractivity contribution in [2.75, 3.05) is 14.1 Å². The van der Waals surface area contributed by atoms with Gasteiger partial charge >= 0.3 is 5.97 Å². The highest BCUT2D eigenvalue weighted by atomic mass is 32.1. The zero-order chi connectivity index (χ0) is 16.4. The number of carbonyl (C=O) groups is 1. The third-order valence-corrected chi connectivity index (χ3v) is 5.15. The number of nitrogens with zero attached hydrogens (tertiary/aromatic N) is 3. The third-order valence-electron chi connectivity index (χ3n) is 4.40. The van der Waals surface area contributed by atoms with Gasteiger partial charge in [-0.3, -0.25) is 0 Å². The van der Waals surface area contributed by atoms with Gasteiger partial charge in [-0.2, -0.15) is 0 Å². The number of aromatic nitrogens is 1. The van der Waals surface area contributed by atoms with Gasteiger partial charge in [0.1, 0.15) is 0 Å². The lowest BCUT2D eigenvalue weighted by Gasteiger charge is -2.36. The number of aliphatic carboxylic acids is 1. The Morgan fingerprint density at radius 3 is 2.83 bits per heavy atom. The highest BCUT2D eigenvalue weighted by Crippen LogP contribution is 2.42. The van der Waals surface area contributed by atoms with Gasteiger partial charge in [-0.05, 0) is 37.0 Å². The summed E-state index contributed by atoms with van der Waals surface area (Å²) in [6.07, 6.45) is 11.6. The van der Waals surface area contributed by atoms with E-state index in [9.17, 15) is 9.90 Å². The Kier molecular flexibility index (Phi) is 4.61. The van der Waals surface area contributed by atoms with Crippen molar-refractivity contribution < 1.29 is 9.90 Å². The highest BCUT2D eigenvalue weighted by molar-refractivity contribution is 7.13. The highest BCUT2D eigenvalue weighted by Gasteiger charge is 2.31. The fraction of sp³-hybridized carbons (Fsp3) is 0.471. The maximum absolute atomic E-state index is 11.7. The molecule has 1 aromatic rings. The normalized spacial score (nSPS) is 26.9. The van der Waals surface area contributed by atoms with E-state index in [1.54, 1.807) is 11.7 Å². The summed E-state index contributed by atoms with van der Waals surface area (Å²) in [5.41, 5.74) is 0.817. The summed E-state index contributed by atoms with van der Waals surface area (Å²) in [5, 5.41) is 11.9. The predicted octanol–water partition coefficient (Wildman–Crippen LogP) is 3.43. The SMILES string of the molecule is CN(C)/C=N\c1nc(/C(=C\C2CC3C=CC2CC3)C(=O)O)cs1. The van der Waals surface area contributed by atoms with Gasteiger partial charge < -0.3 is 10.0 Å². The van der Waals surface area contributed by atoms with Crippen molar-refractivity contribution in [3.63, 3.8) is 0 Å². The lowest BCUT2D eigenvalue weighted by Crippen LogP contribution is -2.26. The molecular formula is C17H21N3O2S. The smallest absolute Gasteiger partial charge is 0.337 e. The monoisotopic (exact) mass is 331 g/mol. The van der Waals surface area contributed by atoms with Gasteiger partial charge in [0.05, 0.1) is 17.6 Å². The Morgan fingerprint density at radius 1 is 1.43 bits per heavy atom. The molecule has 4 rings (SSSR count). The first-order valence-electron chi connectivity index (χ1n) is 7.83. The van der Waals surface area contributed by atoms with Crippen molar-refractivity contribution in [3.05, 3.63) is 29.3 Å². The van der Waals surface area contributed by atoms with Crippen LogP contribution in [-0.2, 0) is 4.79 Å². The van der Waals surface area contributed by atoms with Crippen LogP contribution in [0, 0.1) is 17.8 Å². The van der Waals surface area contributed by atoms with Crippen LogP contribution in [0.15, 0.2) is 28.6 Å². The Labute approximate surface area is 140 Å². The largest absolute Gasteiger partial charge is 0.478 e. The van der Waals surface area contributed by atoms with E-state index in [0.29, 0.717) is 34.2 Å². The number of hydrogen-bond acceptors (Lipinski definition) is 4. The number of carboxylic acids is 1. The molecule has 122 valence electrons. The Hall–Kier alpha value is -1.95. The second-order valence-corrected chi connectivity index (χ2v) is 7.23. The summed E-state index contributed by atoms with van der Waals surface area (Å²) in [7, 11) is 3.76. The second kappa shape index (κ2) is 6.66. The van der Waals surface area contributed by atoms with Crippen LogP contribution >= 0.6 is 11.3 Å². The summed E-state index contributed by atoms with van der Waals surface area (Å²) < 4.78 is 0. The summed E-state index contributed by atoms with van der Waals surface area (Å²) in [6, 6.07) is 0. The van der Waals surface area contributed by atoms with Crippen molar-refractivity contribution in [2.45, 2.75) is 19.3 Å². The van der Waals surface area contributed by atoms with Crippen molar-refractivity contribution in [3.8, 4) is 0 Å². The van der Waals surface area contributed by atoms with Gasteiger partial charge in [0.25, 0.3) is 0 Å². The van der Waals surface area contributed by atoms with Crippen molar-refractivity contribution >= 4 is 34.3 Å². The standard InChI is InChI=1S/C17H21N3O2S/c1-20(2)10-18-17-19-15(9-23-17)14(16(21)22)8-13-7-11-3-5-12(13)6-4-11/h3,5,8-13H,4,6-7H2,1-2H3,(H,21,22)/b14-8+,18-10-. The molecule has 23 heavy (non-hydrogen) atoms. The fourth-order valence-corrected chi connectivity index (χ4v) is 3.92. The number of aliphatic imine (C=N–C) groups is 1. The van der Waals surface area contributed by atoms with E-state index < -0.39 is 5.97 Å². The molecule has 3 atom stereocenters. The molecule has 1 heterocycles. The van der Waals surface area contributed by atoms with Gasteiger partial charge in [-0.15, -0.1) is 11.3 Å². The van der Waals surface area contributed by atoms with Crippen LogP contribution in [0.3, 0.4) is 0 Å². The molecule has 0 radical (unpaired) electrons. The molecule has 0 amide bonds.